The van der Waals surface area contributed by atoms with Gasteiger partial charge in [-0.25, -0.2) is 0 Å². The average Bonchev–Trinajstić information content (AvgIpc) is 2.31. The first-order chi connectivity index (χ1) is 8.15. The predicted molar refractivity (Wildman–Crippen MR) is 72.2 cm³/mol. The fourth-order valence-corrected chi connectivity index (χ4v) is 1.84. The molecule has 0 aliphatic carbocycles. The van der Waals surface area contributed by atoms with Crippen molar-refractivity contribution in [2.24, 2.45) is 17.6 Å². The van der Waals surface area contributed by atoms with E-state index < -0.39 is 0 Å². The van der Waals surface area contributed by atoms with Gasteiger partial charge in [0.1, 0.15) is 0 Å². The molecule has 0 amide bonds. The zero-order chi connectivity index (χ0) is 13.1. The van der Waals surface area contributed by atoms with E-state index in [0.29, 0.717) is 11.8 Å². The number of rotatable bonds is 11. The Morgan fingerprint density at radius 3 is 2.18 bits per heavy atom. The summed E-state index contributed by atoms with van der Waals surface area (Å²) >= 11 is 0. The van der Waals surface area contributed by atoms with Crippen LogP contribution in [0.15, 0.2) is 0 Å². The monoisotopic (exact) mass is 246 g/mol. The summed E-state index contributed by atoms with van der Waals surface area (Å²) in [5, 5.41) is 0. The number of methoxy groups -OCH3 is 2. The summed E-state index contributed by atoms with van der Waals surface area (Å²) in [4.78, 5) is 2.43. The van der Waals surface area contributed by atoms with Gasteiger partial charge in [-0.3, -0.25) is 0 Å². The molecule has 104 valence electrons. The fraction of sp³-hybridized carbons (Fsp3) is 1.00. The van der Waals surface area contributed by atoms with E-state index in [2.05, 4.69) is 18.7 Å². The van der Waals surface area contributed by atoms with Crippen molar-refractivity contribution in [3.8, 4) is 0 Å². The molecule has 0 aromatic heterocycles. The van der Waals surface area contributed by atoms with Gasteiger partial charge in [-0.05, 0) is 24.8 Å². The van der Waals surface area contributed by atoms with Gasteiger partial charge < -0.3 is 20.1 Å². The summed E-state index contributed by atoms with van der Waals surface area (Å²) in [6.45, 7) is 9.92. The van der Waals surface area contributed by atoms with Gasteiger partial charge in [0.25, 0.3) is 0 Å². The van der Waals surface area contributed by atoms with Crippen LogP contribution in [0.5, 0.6) is 0 Å². The van der Waals surface area contributed by atoms with Crippen LogP contribution in [0, 0.1) is 11.8 Å². The fourth-order valence-electron chi connectivity index (χ4n) is 1.84. The Hall–Kier alpha value is -0.160. The van der Waals surface area contributed by atoms with Gasteiger partial charge in [0.15, 0.2) is 0 Å². The summed E-state index contributed by atoms with van der Waals surface area (Å²) < 4.78 is 10.2. The minimum Gasteiger partial charge on any atom is -0.385 e. The second-order valence-electron chi connectivity index (χ2n) is 4.88. The normalized spacial score (nSPS) is 13.6. The molecule has 1 atom stereocenters. The molecule has 0 aliphatic rings. The lowest BCUT2D eigenvalue weighted by atomic mass is 9.95. The van der Waals surface area contributed by atoms with Crippen LogP contribution in [0.3, 0.4) is 0 Å². The highest BCUT2D eigenvalue weighted by molar-refractivity contribution is 4.70. The molecule has 0 aromatic carbocycles. The molecular weight excluding hydrogens is 216 g/mol. The lowest BCUT2D eigenvalue weighted by Crippen LogP contribution is -2.38. The van der Waals surface area contributed by atoms with Crippen molar-refractivity contribution in [3.63, 3.8) is 0 Å². The molecule has 0 aliphatic heterocycles. The molecule has 0 heterocycles. The molecular formula is C13H30N2O2. The first-order valence-corrected chi connectivity index (χ1v) is 6.56. The summed E-state index contributed by atoms with van der Waals surface area (Å²) in [6, 6.07) is 0. The van der Waals surface area contributed by atoms with E-state index in [9.17, 15) is 0 Å². The van der Waals surface area contributed by atoms with Crippen molar-refractivity contribution in [1.82, 2.24) is 4.90 Å². The van der Waals surface area contributed by atoms with Crippen molar-refractivity contribution in [2.45, 2.75) is 20.3 Å². The molecule has 17 heavy (non-hydrogen) atoms. The first-order valence-electron chi connectivity index (χ1n) is 6.56. The summed E-state index contributed by atoms with van der Waals surface area (Å²) in [5.41, 5.74) is 5.82. The Morgan fingerprint density at radius 2 is 1.71 bits per heavy atom. The van der Waals surface area contributed by atoms with E-state index in [1.54, 1.807) is 14.2 Å². The molecule has 4 nitrogen and oxygen atoms in total. The molecule has 0 aromatic rings. The van der Waals surface area contributed by atoms with Crippen LogP contribution in [0.2, 0.25) is 0 Å². The van der Waals surface area contributed by atoms with Crippen LogP contribution in [0.25, 0.3) is 0 Å². The minimum absolute atomic E-state index is 0.564. The Labute approximate surface area is 106 Å². The second-order valence-corrected chi connectivity index (χ2v) is 4.88. The molecule has 0 bridgehead atoms. The van der Waals surface area contributed by atoms with E-state index in [0.717, 1.165) is 45.8 Å². The van der Waals surface area contributed by atoms with Crippen LogP contribution >= 0.6 is 0 Å². The maximum absolute atomic E-state index is 5.82. The lowest BCUT2D eigenvalue weighted by molar-refractivity contribution is 0.116. The molecule has 0 fully saturated rings. The quantitative estimate of drug-likeness (QED) is 0.557. The summed E-state index contributed by atoms with van der Waals surface area (Å²) in [5.74, 6) is 1.20. The Bertz CT molecular complexity index is 165. The van der Waals surface area contributed by atoms with Crippen LogP contribution in [0.4, 0.5) is 0 Å². The van der Waals surface area contributed by atoms with Crippen molar-refractivity contribution in [1.29, 1.82) is 0 Å². The van der Waals surface area contributed by atoms with Gasteiger partial charge >= 0.3 is 0 Å². The molecule has 0 saturated carbocycles. The van der Waals surface area contributed by atoms with Crippen molar-refractivity contribution in [3.05, 3.63) is 0 Å². The number of hydrogen-bond acceptors (Lipinski definition) is 4. The smallest absolute Gasteiger partial charge is 0.0589 e. The molecule has 0 saturated heterocycles. The van der Waals surface area contributed by atoms with Gasteiger partial charge in [0, 0.05) is 40.5 Å². The number of hydrogen-bond donors (Lipinski definition) is 1. The zero-order valence-corrected chi connectivity index (χ0v) is 11.9. The van der Waals surface area contributed by atoms with Crippen molar-refractivity contribution < 1.29 is 9.47 Å². The Balaban J connectivity index is 4.05. The Kier molecular flexibility index (Phi) is 10.9. The standard InChI is InChI=1S/C13H30N2O2/c1-12(2)13(10-14)11-15(7-9-17-4)6-5-8-16-3/h12-13H,5-11,14H2,1-4H3. The van der Waals surface area contributed by atoms with Gasteiger partial charge in [-0.1, -0.05) is 13.8 Å². The highest BCUT2D eigenvalue weighted by Gasteiger charge is 2.15. The molecule has 0 rings (SSSR count). The highest BCUT2D eigenvalue weighted by Crippen LogP contribution is 2.11. The number of nitrogens with two attached hydrogens (primary N) is 1. The molecule has 4 heteroatoms. The van der Waals surface area contributed by atoms with Gasteiger partial charge in [0.05, 0.1) is 6.61 Å². The summed E-state index contributed by atoms with van der Waals surface area (Å²) in [7, 11) is 3.49. The van der Waals surface area contributed by atoms with Gasteiger partial charge in [-0.15, -0.1) is 0 Å². The topological polar surface area (TPSA) is 47.7 Å². The van der Waals surface area contributed by atoms with Crippen LogP contribution in [-0.4, -0.2) is 58.5 Å². The summed E-state index contributed by atoms with van der Waals surface area (Å²) in [6.07, 6.45) is 1.07. The minimum atomic E-state index is 0.564. The van der Waals surface area contributed by atoms with E-state index in [-0.39, 0.29) is 0 Å². The van der Waals surface area contributed by atoms with E-state index in [1.807, 2.05) is 0 Å². The molecule has 2 N–H and O–H groups in total. The second kappa shape index (κ2) is 11.0. The number of nitrogens with zero attached hydrogens (tertiary/aromatic N) is 1. The van der Waals surface area contributed by atoms with E-state index in [1.165, 1.54) is 0 Å². The van der Waals surface area contributed by atoms with E-state index >= 15 is 0 Å². The zero-order valence-electron chi connectivity index (χ0n) is 11.9. The SMILES string of the molecule is COCCCN(CCOC)CC(CN)C(C)C. The van der Waals surface area contributed by atoms with Crippen LogP contribution in [-0.2, 0) is 9.47 Å². The molecule has 0 spiro atoms. The first kappa shape index (κ1) is 16.8. The maximum Gasteiger partial charge on any atom is 0.0589 e. The third-order valence-electron chi connectivity index (χ3n) is 3.17. The van der Waals surface area contributed by atoms with Gasteiger partial charge in [-0.2, -0.15) is 0 Å². The third-order valence-corrected chi connectivity index (χ3v) is 3.17. The Morgan fingerprint density at radius 1 is 1.06 bits per heavy atom. The van der Waals surface area contributed by atoms with Gasteiger partial charge in [0.2, 0.25) is 0 Å². The lowest BCUT2D eigenvalue weighted by Gasteiger charge is -2.28. The molecule has 1 unspecified atom stereocenters. The highest BCUT2D eigenvalue weighted by atomic mass is 16.5. The average molecular weight is 246 g/mol. The van der Waals surface area contributed by atoms with Crippen molar-refractivity contribution >= 4 is 0 Å². The van der Waals surface area contributed by atoms with Crippen LogP contribution < -0.4 is 5.73 Å². The number of ether oxygens (including phenoxy) is 2. The predicted octanol–water partition coefficient (Wildman–Crippen LogP) is 1.20. The van der Waals surface area contributed by atoms with E-state index in [4.69, 9.17) is 15.2 Å². The molecule has 0 radical (unpaired) electrons. The maximum atomic E-state index is 5.82. The largest absolute Gasteiger partial charge is 0.385 e. The van der Waals surface area contributed by atoms with Crippen molar-refractivity contribution in [2.75, 3.05) is 53.6 Å². The third kappa shape index (κ3) is 8.55. The van der Waals surface area contributed by atoms with Crippen LogP contribution in [0.1, 0.15) is 20.3 Å².